The molecule has 4 rings (SSSR count). The van der Waals surface area contributed by atoms with E-state index in [1.54, 1.807) is 18.2 Å². The lowest BCUT2D eigenvalue weighted by Gasteiger charge is -2.41. The maximum absolute atomic E-state index is 14.5. The molecule has 1 saturated carbocycles. The van der Waals surface area contributed by atoms with Crippen LogP contribution in [0.5, 0.6) is 0 Å². The molecule has 3 aromatic carbocycles. The Kier molecular flexibility index (Phi) is 7.56. The fourth-order valence-electron chi connectivity index (χ4n) is 5.31. The van der Waals surface area contributed by atoms with Crippen LogP contribution in [0.25, 0.3) is 0 Å². The summed E-state index contributed by atoms with van der Waals surface area (Å²) in [6, 6.07) is 27.5. The average Bonchev–Trinajstić information content (AvgIpc) is 2.84. The zero-order valence-corrected chi connectivity index (χ0v) is 19.5. The van der Waals surface area contributed by atoms with Gasteiger partial charge >= 0.3 is 0 Å². The van der Waals surface area contributed by atoms with E-state index in [-0.39, 0.29) is 17.5 Å². The highest BCUT2D eigenvalue weighted by Crippen LogP contribution is 2.39. The van der Waals surface area contributed by atoms with Crippen LogP contribution < -0.4 is 0 Å². The van der Waals surface area contributed by atoms with Gasteiger partial charge in [0.15, 0.2) is 0 Å². The molecule has 33 heavy (non-hydrogen) atoms. The van der Waals surface area contributed by atoms with Crippen LogP contribution in [0, 0.1) is 11.7 Å². The third-order valence-electron chi connectivity index (χ3n) is 6.89. The summed E-state index contributed by atoms with van der Waals surface area (Å²) in [6.07, 6.45) is 3.93. The molecule has 0 N–H and O–H groups in total. The summed E-state index contributed by atoms with van der Waals surface area (Å²) in [6.45, 7) is 0.499. The molecule has 1 amide bonds. The number of rotatable bonds is 7. The van der Waals surface area contributed by atoms with E-state index in [1.807, 2.05) is 35.2 Å². The van der Waals surface area contributed by atoms with Crippen molar-refractivity contribution in [3.05, 3.63) is 107 Å². The predicted octanol–water partition coefficient (Wildman–Crippen LogP) is 6.33. The SMILES string of the molecule is CN(C)C(c1ccccc1)C1CCC(N(Cc2ccccc2)C(=O)c2ccccc2F)CC1. The van der Waals surface area contributed by atoms with Crippen LogP contribution in [0.3, 0.4) is 0 Å². The minimum Gasteiger partial charge on any atom is -0.331 e. The van der Waals surface area contributed by atoms with Crippen molar-refractivity contribution in [1.29, 1.82) is 0 Å². The minimum atomic E-state index is -0.453. The fourth-order valence-corrected chi connectivity index (χ4v) is 5.31. The molecule has 172 valence electrons. The van der Waals surface area contributed by atoms with Crippen molar-refractivity contribution >= 4 is 5.91 Å². The first-order chi connectivity index (χ1) is 16.0. The Balaban J connectivity index is 1.54. The van der Waals surface area contributed by atoms with Crippen LogP contribution in [-0.2, 0) is 6.54 Å². The van der Waals surface area contributed by atoms with E-state index in [0.29, 0.717) is 18.5 Å². The van der Waals surface area contributed by atoms with E-state index in [2.05, 4.69) is 49.3 Å². The summed E-state index contributed by atoms with van der Waals surface area (Å²) in [4.78, 5) is 17.7. The molecule has 1 fully saturated rings. The molecule has 0 aromatic heterocycles. The first kappa shape index (κ1) is 23.2. The normalized spacial score (nSPS) is 19.3. The standard InChI is InChI=1S/C29H33FN2O/c1-31(2)28(23-13-7-4-8-14-23)24-17-19-25(20-18-24)32(21-22-11-5-3-6-12-22)29(33)26-15-9-10-16-27(26)30/h3-16,24-25,28H,17-21H2,1-2H3. The van der Waals surface area contributed by atoms with Gasteiger partial charge in [-0.05, 0) is 69.0 Å². The second-order valence-corrected chi connectivity index (χ2v) is 9.29. The Hall–Kier alpha value is -2.98. The summed E-state index contributed by atoms with van der Waals surface area (Å²) in [5.41, 5.74) is 2.57. The van der Waals surface area contributed by atoms with Gasteiger partial charge in [0.2, 0.25) is 0 Å². The van der Waals surface area contributed by atoms with Crippen molar-refractivity contribution in [3.63, 3.8) is 0 Å². The third-order valence-corrected chi connectivity index (χ3v) is 6.89. The highest BCUT2D eigenvalue weighted by atomic mass is 19.1. The second kappa shape index (κ2) is 10.8. The number of carbonyl (C=O) groups excluding carboxylic acids is 1. The van der Waals surface area contributed by atoms with Crippen molar-refractivity contribution in [1.82, 2.24) is 9.80 Å². The molecule has 0 heterocycles. The van der Waals surface area contributed by atoms with Gasteiger partial charge in [-0.25, -0.2) is 4.39 Å². The first-order valence-electron chi connectivity index (χ1n) is 11.9. The van der Waals surface area contributed by atoms with Crippen molar-refractivity contribution in [2.45, 2.75) is 44.3 Å². The van der Waals surface area contributed by atoms with Crippen LogP contribution in [-0.4, -0.2) is 35.8 Å². The van der Waals surface area contributed by atoms with Crippen LogP contribution >= 0.6 is 0 Å². The largest absolute Gasteiger partial charge is 0.331 e. The Morgan fingerprint density at radius 1 is 0.848 bits per heavy atom. The lowest BCUT2D eigenvalue weighted by molar-refractivity contribution is 0.0539. The van der Waals surface area contributed by atoms with Crippen molar-refractivity contribution in [2.24, 2.45) is 5.92 Å². The third kappa shape index (κ3) is 5.51. The Bertz CT molecular complexity index is 1030. The first-order valence-corrected chi connectivity index (χ1v) is 11.9. The summed E-state index contributed by atoms with van der Waals surface area (Å²) >= 11 is 0. The zero-order valence-electron chi connectivity index (χ0n) is 19.5. The van der Waals surface area contributed by atoms with Gasteiger partial charge in [-0.15, -0.1) is 0 Å². The van der Waals surface area contributed by atoms with Gasteiger partial charge in [0.25, 0.3) is 5.91 Å². The van der Waals surface area contributed by atoms with Crippen LogP contribution in [0.1, 0.15) is 53.2 Å². The summed E-state index contributed by atoms with van der Waals surface area (Å²) in [5, 5.41) is 0. The lowest BCUT2D eigenvalue weighted by Crippen LogP contribution is -2.43. The summed E-state index contributed by atoms with van der Waals surface area (Å²) < 4.78 is 14.5. The van der Waals surface area contributed by atoms with Gasteiger partial charge in [0.05, 0.1) is 5.56 Å². The summed E-state index contributed by atoms with van der Waals surface area (Å²) in [5.74, 6) is -0.139. The Labute approximate surface area is 196 Å². The number of halogens is 1. The zero-order chi connectivity index (χ0) is 23.2. The maximum Gasteiger partial charge on any atom is 0.257 e. The molecule has 4 heteroatoms. The molecule has 0 saturated heterocycles. The topological polar surface area (TPSA) is 23.6 Å². The van der Waals surface area contributed by atoms with Crippen molar-refractivity contribution in [3.8, 4) is 0 Å². The van der Waals surface area contributed by atoms with E-state index >= 15 is 0 Å². The van der Waals surface area contributed by atoms with Crippen LogP contribution in [0.2, 0.25) is 0 Å². The molecule has 1 atom stereocenters. The van der Waals surface area contributed by atoms with Gasteiger partial charge < -0.3 is 9.80 Å². The van der Waals surface area contributed by atoms with E-state index < -0.39 is 5.82 Å². The van der Waals surface area contributed by atoms with E-state index in [9.17, 15) is 9.18 Å². The molecule has 1 aliphatic rings. The van der Waals surface area contributed by atoms with Crippen LogP contribution in [0.4, 0.5) is 4.39 Å². The maximum atomic E-state index is 14.5. The van der Waals surface area contributed by atoms with Gasteiger partial charge in [-0.1, -0.05) is 72.8 Å². The number of hydrogen-bond acceptors (Lipinski definition) is 2. The molecule has 0 bridgehead atoms. The van der Waals surface area contributed by atoms with Crippen molar-refractivity contribution < 1.29 is 9.18 Å². The van der Waals surface area contributed by atoms with Crippen molar-refractivity contribution in [2.75, 3.05) is 14.1 Å². The minimum absolute atomic E-state index is 0.104. The highest BCUT2D eigenvalue weighted by Gasteiger charge is 2.34. The second-order valence-electron chi connectivity index (χ2n) is 9.29. The average molecular weight is 445 g/mol. The lowest BCUT2D eigenvalue weighted by atomic mass is 9.78. The van der Waals surface area contributed by atoms with E-state index in [1.165, 1.54) is 11.6 Å². The van der Waals surface area contributed by atoms with E-state index in [0.717, 1.165) is 31.2 Å². The predicted molar refractivity (Wildman–Crippen MR) is 131 cm³/mol. The molecular formula is C29H33FN2O. The monoisotopic (exact) mass is 444 g/mol. The Morgan fingerprint density at radius 3 is 2.03 bits per heavy atom. The molecule has 0 aliphatic heterocycles. The Morgan fingerprint density at radius 2 is 1.42 bits per heavy atom. The van der Waals surface area contributed by atoms with Gasteiger partial charge in [0.1, 0.15) is 5.82 Å². The number of nitrogens with zero attached hydrogens (tertiary/aromatic N) is 2. The molecule has 3 nitrogen and oxygen atoms in total. The number of carbonyl (C=O) groups is 1. The van der Waals surface area contributed by atoms with Gasteiger partial charge in [-0.2, -0.15) is 0 Å². The van der Waals surface area contributed by atoms with Gasteiger partial charge in [-0.3, -0.25) is 4.79 Å². The van der Waals surface area contributed by atoms with Gasteiger partial charge in [0, 0.05) is 18.6 Å². The number of amides is 1. The molecule has 3 aromatic rings. The van der Waals surface area contributed by atoms with Crippen LogP contribution in [0.15, 0.2) is 84.9 Å². The molecule has 1 unspecified atom stereocenters. The molecule has 0 radical (unpaired) electrons. The molecule has 1 aliphatic carbocycles. The fraction of sp³-hybridized carbons (Fsp3) is 0.345. The molecule has 0 spiro atoms. The van der Waals surface area contributed by atoms with E-state index in [4.69, 9.17) is 0 Å². The number of benzene rings is 3. The smallest absolute Gasteiger partial charge is 0.257 e. The quantitative estimate of drug-likeness (QED) is 0.425. The summed E-state index contributed by atoms with van der Waals surface area (Å²) in [7, 11) is 4.29. The number of hydrogen-bond donors (Lipinski definition) is 0. The highest BCUT2D eigenvalue weighted by molar-refractivity contribution is 5.94. The molecular weight excluding hydrogens is 411 g/mol.